The summed E-state index contributed by atoms with van der Waals surface area (Å²) in [6, 6.07) is 9.76. The van der Waals surface area contributed by atoms with E-state index in [1.807, 2.05) is 53.9 Å². The normalized spacial score (nSPS) is 19.1. The third kappa shape index (κ3) is 3.34. The third-order valence-electron chi connectivity index (χ3n) is 5.97. The summed E-state index contributed by atoms with van der Waals surface area (Å²) in [5.41, 5.74) is 0.865. The van der Waals surface area contributed by atoms with Gasteiger partial charge in [0.2, 0.25) is 0 Å². The van der Waals surface area contributed by atoms with Crippen molar-refractivity contribution < 1.29 is 0 Å². The van der Waals surface area contributed by atoms with Crippen LogP contribution in [0, 0.1) is 5.92 Å². The number of hydrogen-bond acceptors (Lipinski definition) is 6. The van der Waals surface area contributed by atoms with Crippen molar-refractivity contribution in [1.82, 2.24) is 19.5 Å². The van der Waals surface area contributed by atoms with Crippen molar-refractivity contribution in [3.05, 3.63) is 52.8 Å². The largest absolute Gasteiger partial charge is 0.363 e. The van der Waals surface area contributed by atoms with Crippen molar-refractivity contribution in [1.29, 1.82) is 0 Å². The van der Waals surface area contributed by atoms with Gasteiger partial charge in [-0.25, -0.2) is 15.0 Å². The molecule has 1 atom stereocenters. The Bertz CT molecular complexity index is 1100. The summed E-state index contributed by atoms with van der Waals surface area (Å²) in [4.78, 5) is 31.5. The summed E-state index contributed by atoms with van der Waals surface area (Å²) in [5, 5.41) is 0.707. The summed E-state index contributed by atoms with van der Waals surface area (Å²) >= 11 is 0. The lowest BCUT2D eigenvalue weighted by atomic mass is 10.1. The van der Waals surface area contributed by atoms with Gasteiger partial charge >= 0.3 is 0 Å². The van der Waals surface area contributed by atoms with E-state index in [1.54, 1.807) is 6.33 Å². The molecule has 150 valence electrons. The second-order valence-corrected chi connectivity index (χ2v) is 8.33. The standard InChI is InChI=1S/C22H26N6O/c1-26(2)19-12-20(24-14-23-19)27-11-5-8-18(27)21-25-17-7-4-3-6-16(17)22(29)28(21)13-15-9-10-15/h3-4,6-7,12,14-15,18H,5,8-11,13H2,1-2H3. The van der Waals surface area contributed by atoms with Gasteiger partial charge in [-0.3, -0.25) is 9.36 Å². The number of aromatic nitrogens is 4. The van der Waals surface area contributed by atoms with Crippen LogP contribution in [0.15, 0.2) is 41.5 Å². The fourth-order valence-electron chi connectivity index (χ4n) is 4.22. The average Bonchev–Trinajstić information content (AvgIpc) is 3.42. The summed E-state index contributed by atoms with van der Waals surface area (Å²) < 4.78 is 1.94. The molecule has 1 aliphatic carbocycles. The van der Waals surface area contributed by atoms with E-state index in [0.29, 0.717) is 11.3 Å². The average molecular weight is 390 g/mol. The van der Waals surface area contributed by atoms with E-state index in [9.17, 15) is 4.79 Å². The molecule has 0 N–H and O–H groups in total. The van der Waals surface area contributed by atoms with Gasteiger partial charge in [-0.15, -0.1) is 0 Å². The second kappa shape index (κ2) is 7.13. The van der Waals surface area contributed by atoms with Crippen LogP contribution in [0.2, 0.25) is 0 Å². The van der Waals surface area contributed by atoms with Gasteiger partial charge < -0.3 is 9.80 Å². The summed E-state index contributed by atoms with van der Waals surface area (Å²) in [7, 11) is 3.96. The molecule has 0 spiro atoms. The van der Waals surface area contributed by atoms with Crippen LogP contribution in [0.3, 0.4) is 0 Å². The first kappa shape index (κ1) is 18.1. The molecule has 29 heavy (non-hydrogen) atoms. The van der Waals surface area contributed by atoms with Crippen LogP contribution in [-0.2, 0) is 6.54 Å². The predicted molar refractivity (Wildman–Crippen MR) is 114 cm³/mol. The van der Waals surface area contributed by atoms with Crippen LogP contribution in [0.1, 0.15) is 37.5 Å². The highest BCUT2D eigenvalue weighted by molar-refractivity contribution is 5.77. The SMILES string of the molecule is CN(C)c1cc(N2CCCC2c2nc3ccccc3c(=O)n2CC2CC2)ncn1. The number of anilines is 2. The van der Waals surface area contributed by atoms with Crippen molar-refractivity contribution >= 4 is 22.5 Å². The first-order chi connectivity index (χ1) is 14.1. The molecule has 3 aromatic rings. The number of fused-ring (bicyclic) bond motifs is 1. The Morgan fingerprint density at radius 2 is 1.97 bits per heavy atom. The number of rotatable bonds is 5. The Balaban J connectivity index is 1.62. The van der Waals surface area contributed by atoms with E-state index in [4.69, 9.17) is 4.98 Å². The van der Waals surface area contributed by atoms with Crippen LogP contribution < -0.4 is 15.4 Å². The van der Waals surface area contributed by atoms with E-state index in [-0.39, 0.29) is 11.6 Å². The van der Waals surface area contributed by atoms with Gasteiger partial charge in [0, 0.05) is 33.3 Å². The molecular weight excluding hydrogens is 364 g/mol. The van der Waals surface area contributed by atoms with Crippen LogP contribution in [-0.4, -0.2) is 40.2 Å². The lowest BCUT2D eigenvalue weighted by Gasteiger charge is -2.28. The summed E-state index contributed by atoms with van der Waals surface area (Å²) in [6.07, 6.45) is 6.04. The molecule has 0 radical (unpaired) electrons. The van der Waals surface area contributed by atoms with Gasteiger partial charge in [0.1, 0.15) is 23.8 Å². The van der Waals surface area contributed by atoms with Crippen LogP contribution in [0.4, 0.5) is 11.6 Å². The lowest BCUT2D eigenvalue weighted by Crippen LogP contribution is -2.33. The molecule has 1 aliphatic heterocycles. The van der Waals surface area contributed by atoms with Crippen molar-refractivity contribution in [2.45, 2.75) is 38.3 Å². The first-order valence-electron chi connectivity index (χ1n) is 10.4. The topological polar surface area (TPSA) is 67.2 Å². The number of nitrogens with zero attached hydrogens (tertiary/aromatic N) is 6. The molecule has 1 aromatic carbocycles. The molecule has 3 heterocycles. The zero-order valence-electron chi connectivity index (χ0n) is 17.0. The van der Waals surface area contributed by atoms with Crippen molar-refractivity contribution in [3.8, 4) is 0 Å². The molecule has 2 aliphatic rings. The predicted octanol–water partition coefficient (Wildman–Crippen LogP) is 3.00. The number of para-hydroxylation sites is 1. The maximum atomic E-state index is 13.3. The van der Waals surface area contributed by atoms with E-state index < -0.39 is 0 Å². The van der Waals surface area contributed by atoms with Gasteiger partial charge in [-0.2, -0.15) is 0 Å². The molecule has 7 nitrogen and oxygen atoms in total. The Hall–Kier alpha value is -2.96. The quantitative estimate of drug-likeness (QED) is 0.667. The number of benzene rings is 1. The highest BCUT2D eigenvalue weighted by Crippen LogP contribution is 2.37. The van der Waals surface area contributed by atoms with Gasteiger partial charge in [0.15, 0.2) is 0 Å². The number of hydrogen-bond donors (Lipinski definition) is 0. The fourth-order valence-corrected chi connectivity index (χ4v) is 4.22. The minimum Gasteiger partial charge on any atom is -0.363 e. The zero-order chi connectivity index (χ0) is 20.0. The summed E-state index contributed by atoms with van der Waals surface area (Å²) in [6.45, 7) is 1.67. The van der Waals surface area contributed by atoms with Crippen molar-refractivity contribution in [2.75, 3.05) is 30.4 Å². The highest BCUT2D eigenvalue weighted by Gasteiger charge is 2.33. The van der Waals surface area contributed by atoms with Gasteiger partial charge in [-0.1, -0.05) is 12.1 Å². The lowest BCUT2D eigenvalue weighted by molar-refractivity contribution is 0.526. The van der Waals surface area contributed by atoms with E-state index in [2.05, 4.69) is 14.9 Å². The molecule has 0 amide bonds. The fraction of sp³-hybridized carbons (Fsp3) is 0.455. The monoisotopic (exact) mass is 390 g/mol. The van der Waals surface area contributed by atoms with E-state index in [1.165, 1.54) is 12.8 Å². The summed E-state index contributed by atoms with van der Waals surface area (Å²) in [5.74, 6) is 3.25. The molecule has 0 bridgehead atoms. The Morgan fingerprint density at radius 1 is 1.14 bits per heavy atom. The highest BCUT2D eigenvalue weighted by atomic mass is 16.1. The molecule has 1 unspecified atom stereocenters. The van der Waals surface area contributed by atoms with Crippen LogP contribution >= 0.6 is 0 Å². The first-order valence-corrected chi connectivity index (χ1v) is 10.4. The third-order valence-corrected chi connectivity index (χ3v) is 5.97. The molecular formula is C22H26N6O. The van der Waals surface area contributed by atoms with Gasteiger partial charge in [0.05, 0.1) is 16.9 Å². The smallest absolute Gasteiger partial charge is 0.261 e. The maximum Gasteiger partial charge on any atom is 0.261 e. The molecule has 2 aromatic heterocycles. The Kier molecular flexibility index (Phi) is 4.45. The van der Waals surface area contributed by atoms with E-state index in [0.717, 1.165) is 48.9 Å². The second-order valence-electron chi connectivity index (χ2n) is 8.33. The molecule has 1 saturated heterocycles. The van der Waals surface area contributed by atoms with Gasteiger partial charge in [0.25, 0.3) is 5.56 Å². The molecule has 5 rings (SSSR count). The molecule has 7 heteroatoms. The zero-order valence-corrected chi connectivity index (χ0v) is 17.0. The molecule has 1 saturated carbocycles. The minimum absolute atomic E-state index is 0.0518. The Morgan fingerprint density at radius 3 is 2.76 bits per heavy atom. The minimum atomic E-state index is 0.0518. The van der Waals surface area contributed by atoms with Crippen LogP contribution in [0.5, 0.6) is 0 Å². The molecule has 2 fully saturated rings. The van der Waals surface area contributed by atoms with Crippen LogP contribution in [0.25, 0.3) is 10.9 Å². The van der Waals surface area contributed by atoms with Crippen molar-refractivity contribution in [3.63, 3.8) is 0 Å². The van der Waals surface area contributed by atoms with Crippen molar-refractivity contribution in [2.24, 2.45) is 5.92 Å². The van der Waals surface area contributed by atoms with Gasteiger partial charge in [-0.05, 0) is 43.7 Å². The maximum absolute atomic E-state index is 13.3. The van der Waals surface area contributed by atoms with E-state index >= 15 is 0 Å². The Labute approximate surface area is 170 Å².